The van der Waals surface area contributed by atoms with Crippen LogP contribution in [-0.4, -0.2) is 0 Å². The summed E-state index contributed by atoms with van der Waals surface area (Å²) >= 11 is 0. The predicted molar refractivity (Wildman–Crippen MR) is 80.5 cm³/mol. The summed E-state index contributed by atoms with van der Waals surface area (Å²) in [5.74, 6) is 1.02. The lowest BCUT2D eigenvalue weighted by Gasteiger charge is -2.12. The maximum Gasteiger partial charge on any atom is -0.0417 e. The first-order chi connectivity index (χ1) is 8.35. The lowest BCUT2D eigenvalue weighted by molar-refractivity contribution is 0.407. The predicted octanol–water partition coefficient (Wildman–Crippen LogP) is 6.73. The van der Waals surface area contributed by atoms with Crippen LogP contribution in [0.3, 0.4) is 0 Å². The zero-order chi connectivity index (χ0) is 12.8. The van der Waals surface area contributed by atoms with E-state index >= 15 is 0 Å². The van der Waals surface area contributed by atoms with Gasteiger partial charge >= 0.3 is 0 Å². The summed E-state index contributed by atoms with van der Waals surface area (Å²) in [5, 5.41) is 0. The average Bonchev–Trinajstić information content (AvgIpc) is 2.35. The number of rotatable bonds is 13. The molecule has 0 aliphatic heterocycles. The summed E-state index contributed by atoms with van der Waals surface area (Å²) in [4.78, 5) is 0. The second-order valence-electron chi connectivity index (χ2n) is 5.68. The van der Waals surface area contributed by atoms with E-state index in [2.05, 4.69) is 20.8 Å². The average molecular weight is 240 g/mol. The standard InChI is InChI=1S/C17H36/c1-4-7-8-9-10-11-12-13-14-16-17(6-3)15-5-2/h17H,4-16H2,1-3H3. The summed E-state index contributed by atoms with van der Waals surface area (Å²) in [6, 6.07) is 0. The molecule has 0 spiro atoms. The molecule has 0 aromatic carbocycles. The van der Waals surface area contributed by atoms with Gasteiger partial charge < -0.3 is 0 Å². The van der Waals surface area contributed by atoms with Crippen molar-refractivity contribution in [1.29, 1.82) is 0 Å². The molecule has 1 atom stereocenters. The second-order valence-corrected chi connectivity index (χ2v) is 5.68. The highest BCUT2D eigenvalue weighted by molar-refractivity contribution is 4.57. The van der Waals surface area contributed by atoms with E-state index in [0.717, 1.165) is 5.92 Å². The van der Waals surface area contributed by atoms with E-state index in [-0.39, 0.29) is 0 Å². The number of hydrogen-bond donors (Lipinski definition) is 0. The molecule has 0 amide bonds. The first kappa shape index (κ1) is 17.0. The van der Waals surface area contributed by atoms with Gasteiger partial charge in [0.15, 0.2) is 0 Å². The van der Waals surface area contributed by atoms with Crippen LogP contribution in [0.25, 0.3) is 0 Å². The van der Waals surface area contributed by atoms with Crippen LogP contribution in [0.1, 0.15) is 104 Å². The molecular weight excluding hydrogens is 204 g/mol. The second kappa shape index (κ2) is 14.1. The first-order valence-corrected chi connectivity index (χ1v) is 8.35. The highest BCUT2D eigenvalue weighted by Gasteiger charge is 2.03. The Morgan fingerprint density at radius 1 is 0.529 bits per heavy atom. The van der Waals surface area contributed by atoms with Gasteiger partial charge in [-0.15, -0.1) is 0 Å². The fraction of sp³-hybridized carbons (Fsp3) is 1.00. The third-order valence-corrected chi connectivity index (χ3v) is 3.99. The van der Waals surface area contributed by atoms with Gasteiger partial charge in [-0.1, -0.05) is 104 Å². The Morgan fingerprint density at radius 2 is 1.06 bits per heavy atom. The van der Waals surface area contributed by atoms with Gasteiger partial charge in [-0.2, -0.15) is 0 Å². The smallest absolute Gasteiger partial charge is 0.0417 e. The van der Waals surface area contributed by atoms with Crippen LogP contribution >= 0.6 is 0 Å². The summed E-state index contributed by atoms with van der Waals surface area (Å²) in [5.41, 5.74) is 0. The Hall–Kier alpha value is 0. The Morgan fingerprint density at radius 3 is 1.53 bits per heavy atom. The highest BCUT2D eigenvalue weighted by Crippen LogP contribution is 2.19. The molecule has 0 bridgehead atoms. The van der Waals surface area contributed by atoms with Crippen molar-refractivity contribution < 1.29 is 0 Å². The summed E-state index contributed by atoms with van der Waals surface area (Å²) in [6.07, 6.45) is 18.8. The molecule has 0 nitrogen and oxygen atoms in total. The molecule has 0 saturated heterocycles. The molecule has 104 valence electrons. The zero-order valence-corrected chi connectivity index (χ0v) is 12.8. The molecule has 0 N–H and O–H groups in total. The van der Waals surface area contributed by atoms with Crippen LogP contribution in [-0.2, 0) is 0 Å². The third kappa shape index (κ3) is 12.2. The Labute approximate surface area is 111 Å². The van der Waals surface area contributed by atoms with Crippen LogP contribution in [0.5, 0.6) is 0 Å². The van der Waals surface area contributed by atoms with Gasteiger partial charge in [0.2, 0.25) is 0 Å². The van der Waals surface area contributed by atoms with Crippen LogP contribution in [0.4, 0.5) is 0 Å². The Balaban J connectivity index is 3.11. The van der Waals surface area contributed by atoms with Crippen LogP contribution in [0.2, 0.25) is 0 Å². The van der Waals surface area contributed by atoms with Crippen molar-refractivity contribution in [2.24, 2.45) is 5.92 Å². The van der Waals surface area contributed by atoms with Gasteiger partial charge in [0.1, 0.15) is 0 Å². The van der Waals surface area contributed by atoms with E-state index in [1.807, 2.05) is 0 Å². The minimum atomic E-state index is 1.02. The van der Waals surface area contributed by atoms with Crippen molar-refractivity contribution >= 4 is 0 Å². The molecule has 0 aromatic rings. The van der Waals surface area contributed by atoms with Crippen molar-refractivity contribution in [1.82, 2.24) is 0 Å². The Kier molecular flexibility index (Phi) is 14.1. The fourth-order valence-electron chi connectivity index (χ4n) is 2.70. The number of unbranched alkanes of at least 4 members (excludes halogenated alkanes) is 8. The molecule has 0 fully saturated rings. The lowest BCUT2D eigenvalue weighted by atomic mass is 9.94. The molecule has 0 heterocycles. The van der Waals surface area contributed by atoms with Crippen molar-refractivity contribution in [3.63, 3.8) is 0 Å². The molecule has 0 heteroatoms. The van der Waals surface area contributed by atoms with E-state index in [1.165, 1.54) is 83.5 Å². The number of hydrogen-bond acceptors (Lipinski definition) is 0. The normalized spacial score (nSPS) is 12.9. The van der Waals surface area contributed by atoms with Gasteiger partial charge in [0.05, 0.1) is 0 Å². The highest BCUT2D eigenvalue weighted by atomic mass is 14.1. The van der Waals surface area contributed by atoms with Crippen molar-refractivity contribution in [2.45, 2.75) is 104 Å². The van der Waals surface area contributed by atoms with Gasteiger partial charge in [-0.25, -0.2) is 0 Å². The molecular formula is C17H36. The van der Waals surface area contributed by atoms with Gasteiger partial charge in [-0.05, 0) is 5.92 Å². The molecule has 0 aliphatic carbocycles. The minimum Gasteiger partial charge on any atom is -0.0654 e. The summed E-state index contributed by atoms with van der Waals surface area (Å²) < 4.78 is 0. The Bertz CT molecular complexity index is 128. The van der Waals surface area contributed by atoms with Crippen molar-refractivity contribution in [3.8, 4) is 0 Å². The minimum absolute atomic E-state index is 1.02. The summed E-state index contributed by atoms with van der Waals surface area (Å²) in [7, 11) is 0. The SMILES string of the molecule is CCCCCCCCCCCC(CC)CCC. The van der Waals surface area contributed by atoms with E-state index < -0.39 is 0 Å². The maximum absolute atomic E-state index is 2.36. The molecule has 17 heavy (non-hydrogen) atoms. The van der Waals surface area contributed by atoms with E-state index in [4.69, 9.17) is 0 Å². The molecule has 0 aliphatic rings. The molecule has 1 unspecified atom stereocenters. The third-order valence-electron chi connectivity index (χ3n) is 3.99. The maximum atomic E-state index is 2.36. The summed E-state index contributed by atoms with van der Waals surface area (Å²) in [6.45, 7) is 6.97. The van der Waals surface area contributed by atoms with Gasteiger partial charge in [0, 0.05) is 0 Å². The fourth-order valence-corrected chi connectivity index (χ4v) is 2.70. The van der Waals surface area contributed by atoms with E-state index in [0.29, 0.717) is 0 Å². The molecule has 0 rings (SSSR count). The zero-order valence-electron chi connectivity index (χ0n) is 12.8. The first-order valence-electron chi connectivity index (χ1n) is 8.35. The topological polar surface area (TPSA) is 0 Å². The molecule has 0 radical (unpaired) electrons. The van der Waals surface area contributed by atoms with Crippen LogP contribution in [0, 0.1) is 5.92 Å². The quantitative estimate of drug-likeness (QED) is 0.313. The van der Waals surface area contributed by atoms with E-state index in [9.17, 15) is 0 Å². The van der Waals surface area contributed by atoms with Gasteiger partial charge in [-0.3, -0.25) is 0 Å². The lowest BCUT2D eigenvalue weighted by Crippen LogP contribution is -1.97. The van der Waals surface area contributed by atoms with Crippen molar-refractivity contribution in [2.75, 3.05) is 0 Å². The van der Waals surface area contributed by atoms with Gasteiger partial charge in [0.25, 0.3) is 0 Å². The molecule has 0 saturated carbocycles. The molecule has 0 aromatic heterocycles. The van der Waals surface area contributed by atoms with Crippen molar-refractivity contribution in [3.05, 3.63) is 0 Å². The van der Waals surface area contributed by atoms with E-state index in [1.54, 1.807) is 0 Å². The largest absolute Gasteiger partial charge is 0.0654 e. The van der Waals surface area contributed by atoms with Crippen LogP contribution < -0.4 is 0 Å². The van der Waals surface area contributed by atoms with Crippen LogP contribution in [0.15, 0.2) is 0 Å². The monoisotopic (exact) mass is 240 g/mol.